The summed E-state index contributed by atoms with van der Waals surface area (Å²) < 4.78 is -0.458. The van der Waals surface area contributed by atoms with Gasteiger partial charge in [0, 0.05) is 6.42 Å². The summed E-state index contributed by atoms with van der Waals surface area (Å²) in [5.41, 5.74) is 0. The molecule has 0 aromatic heterocycles. The molecule has 1 saturated heterocycles. The van der Waals surface area contributed by atoms with Crippen molar-refractivity contribution in [3.8, 4) is 0 Å². The monoisotopic (exact) mass is 131 g/mol. The van der Waals surface area contributed by atoms with Crippen molar-refractivity contribution in [2.75, 3.05) is 13.6 Å². The molecule has 0 bridgehead atoms. The molecule has 3 heteroatoms. The molecule has 1 aliphatic rings. The van der Waals surface area contributed by atoms with E-state index in [-0.39, 0.29) is 0 Å². The fourth-order valence-corrected chi connectivity index (χ4v) is 1.17. The molecule has 1 fully saturated rings. The molecule has 2 atom stereocenters. The van der Waals surface area contributed by atoms with E-state index in [4.69, 9.17) is 5.11 Å². The normalized spacial score (nSPS) is 45.0. The maximum Gasteiger partial charge on any atom is 0.190 e. The van der Waals surface area contributed by atoms with Crippen molar-refractivity contribution in [1.82, 2.24) is 0 Å². The van der Waals surface area contributed by atoms with Gasteiger partial charge in [0.1, 0.15) is 0 Å². The fourth-order valence-electron chi connectivity index (χ4n) is 1.17. The molecule has 1 aliphatic heterocycles. The molecule has 0 aromatic rings. The molecule has 3 nitrogen and oxygen atoms in total. The third kappa shape index (κ3) is 1.41. The van der Waals surface area contributed by atoms with Crippen LogP contribution in [-0.4, -0.2) is 29.6 Å². The van der Waals surface area contributed by atoms with Crippen LogP contribution in [0.1, 0.15) is 19.3 Å². The highest BCUT2D eigenvalue weighted by Gasteiger charge is 2.25. The second kappa shape index (κ2) is 2.25. The Labute approximate surface area is 55.1 Å². The molecular weight excluding hydrogens is 118 g/mol. The van der Waals surface area contributed by atoms with Crippen LogP contribution in [0.2, 0.25) is 0 Å². The second-order valence-corrected chi connectivity index (χ2v) is 2.87. The lowest BCUT2D eigenvalue weighted by Gasteiger charge is -2.45. The highest BCUT2D eigenvalue weighted by molar-refractivity contribution is 4.54. The fraction of sp³-hybridized carbons (Fsp3) is 1.00. The van der Waals surface area contributed by atoms with Crippen LogP contribution >= 0.6 is 0 Å². The average Bonchev–Trinajstić information content (AvgIpc) is 1.77. The molecular formula is C6H13NO2. The van der Waals surface area contributed by atoms with Crippen molar-refractivity contribution in [2.45, 2.75) is 25.5 Å². The summed E-state index contributed by atoms with van der Waals surface area (Å²) in [4.78, 5) is 0. The zero-order valence-electron chi connectivity index (χ0n) is 5.71. The van der Waals surface area contributed by atoms with Crippen LogP contribution in [0.15, 0.2) is 0 Å². The lowest BCUT2D eigenvalue weighted by atomic mass is 10.1. The number of hydrogen-bond acceptors (Lipinski definition) is 2. The quantitative estimate of drug-likeness (QED) is 0.383. The molecule has 54 valence electrons. The van der Waals surface area contributed by atoms with E-state index in [1.54, 1.807) is 0 Å². The number of aliphatic hydroxyl groups is 1. The van der Waals surface area contributed by atoms with Crippen molar-refractivity contribution in [2.24, 2.45) is 0 Å². The lowest BCUT2D eigenvalue weighted by molar-refractivity contribution is -0.914. The van der Waals surface area contributed by atoms with E-state index in [2.05, 4.69) is 0 Å². The van der Waals surface area contributed by atoms with Crippen molar-refractivity contribution in [3.05, 3.63) is 5.21 Å². The lowest BCUT2D eigenvalue weighted by Crippen LogP contribution is -2.50. The van der Waals surface area contributed by atoms with E-state index in [1.807, 2.05) is 0 Å². The van der Waals surface area contributed by atoms with Gasteiger partial charge >= 0.3 is 0 Å². The van der Waals surface area contributed by atoms with Crippen LogP contribution in [0, 0.1) is 5.21 Å². The number of hydroxylamine groups is 3. The van der Waals surface area contributed by atoms with Gasteiger partial charge in [-0.3, -0.25) is 0 Å². The molecule has 1 N–H and O–H groups in total. The maximum atomic E-state index is 11.1. The van der Waals surface area contributed by atoms with Crippen LogP contribution in [0.3, 0.4) is 0 Å². The van der Waals surface area contributed by atoms with Gasteiger partial charge in [-0.15, -0.1) is 0 Å². The largest absolute Gasteiger partial charge is 0.631 e. The first-order valence-electron chi connectivity index (χ1n) is 3.37. The summed E-state index contributed by atoms with van der Waals surface area (Å²) in [6.07, 6.45) is 1.95. The summed E-state index contributed by atoms with van der Waals surface area (Å²) in [6, 6.07) is 0. The van der Waals surface area contributed by atoms with Crippen molar-refractivity contribution in [1.29, 1.82) is 0 Å². The van der Waals surface area contributed by atoms with E-state index in [0.29, 0.717) is 13.0 Å². The molecule has 0 amide bonds. The second-order valence-electron chi connectivity index (χ2n) is 2.87. The molecule has 9 heavy (non-hydrogen) atoms. The molecule has 0 radical (unpaired) electrons. The van der Waals surface area contributed by atoms with Gasteiger partial charge in [-0.25, -0.2) is 0 Å². The molecule has 0 aliphatic carbocycles. The van der Waals surface area contributed by atoms with E-state index in [1.165, 1.54) is 7.05 Å². The minimum Gasteiger partial charge on any atom is -0.631 e. The standard InChI is InChI=1S/C6H13NO2/c1-7(9)5-3-2-4-6(7)8/h6,8H,2-5H2,1H3. The molecule has 2 unspecified atom stereocenters. The number of aliphatic hydroxyl groups excluding tert-OH is 1. The van der Waals surface area contributed by atoms with Crippen LogP contribution in [0.5, 0.6) is 0 Å². The summed E-state index contributed by atoms with van der Waals surface area (Å²) >= 11 is 0. The first kappa shape index (κ1) is 6.99. The summed E-state index contributed by atoms with van der Waals surface area (Å²) in [7, 11) is 1.53. The zero-order valence-corrected chi connectivity index (χ0v) is 5.71. The van der Waals surface area contributed by atoms with Crippen molar-refractivity contribution in [3.63, 3.8) is 0 Å². The van der Waals surface area contributed by atoms with Gasteiger partial charge in [0.05, 0.1) is 13.6 Å². The zero-order chi connectivity index (χ0) is 6.91. The Kier molecular flexibility index (Phi) is 1.75. The van der Waals surface area contributed by atoms with Gasteiger partial charge in [-0.1, -0.05) is 0 Å². The number of hydrogen-bond donors (Lipinski definition) is 1. The summed E-state index contributed by atoms with van der Waals surface area (Å²) in [6.45, 7) is 0.571. The molecule has 1 rings (SSSR count). The Hall–Kier alpha value is -0.120. The van der Waals surface area contributed by atoms with E-state index in [9.17, 15) is 5.21 Å². The van der Waals surface area contributed by atoms with Gasteiger partial charge in [-0.2, -0.15) is 0 Å². The third-order valence-electron chi connectivity index (χ3n) is 1.94. The highest BCUT2D eigenvalue weighted by atomic mass is 16.6. The summed E-state index contributed by atoms with van der Waals surface area (Å²) in [5.74, 6) is 0. The number of likely N-dealkylation sites (tertiary alicyclic amines) is 1. The van der Waals surface area contributed by atoms with Crippen LogP contribution < -0.4 is 0 Å². The smallest absolute Gasteiger partial charge is 0.190 e. The molecule has 0 saturated carbocycles. The third-order valence-corrected chi connectivity index (χ3v) is 1.94. The van der Waals surface area contributed by atoms with Crippen LogP contribution in [-0.2, 0) is 0 Å². The summed E-state index contributed by atoms with van der Waals surface area (Å²) in [5, 5.41) is 20.2. The van der Waals surface area contributed by atoms with Gasteiger partial charge in [0.2, 0.25) is 0 Å². The van der Waals surface area contributed by atoms with Gasteiger partial charge in [0.25, 0.3) is 0 Å². The molecule has 0 spiro atoms. The highest BCUT2D eigenvalue weighted by Crippen LogP contribution is 2.19. The number of quaternary nitrogens is 1. The van der Waals surface area contributed by atoms with E-state index in [0.717, 1.165) is 12.8 Å². The SMILES string of the molecule is C[N+]1([O-])CCCCC1O. The number of piperidine rings is 1. The van der Waals surface area contributed by atoms with E-state index >= 15 is 0 Å². The Morgan fingerprint density at radius 3 is 2.56 bits per heavy atom. The van der Waals surface area contributed by atoms with E-state index < -0.39 is 10.9 Å². The van der Waals surface area contributed by atoms with Crippen LogP contribution in [0.4, 0.5) is 0 Å². The van der Waals surface area contributed by atoms with Gasteiger partial charge < -0.3 is 15.0 Å². The minimum absolute atomic E-state index is 0.458. The Morgan fingerprint density at radius 2 is 2.22 bits per heavy atom. The average molecular weight is 131 g/mol. The Morgan fingerprint density at radius 1 is 1.56 bits per heavy atom. The minimum atomic E-state index is -0.668. The number of rotatable bonds is 0. The van der Waals surface area contributed by atoms with Crippen LogP contribution in [0.25, 0.3) is 0 Å². The predicted octanol–water partition coefficient (Wildman–Crippen LogP) is 0.433. The predicted molar refractivity (Wildman–Crippen MR) is 34.3 cm³/mol. The molecule has 1 heterocycles. The molecule has 0 aromatic carbocycles. The topological polar surface area (TPSA) is 43.3 Å². The van der Waals surface area contributed by atoms with Crippen molar-refractivity contribution >= 4 is 0 Å². The first-order valence-corrected chi connectivity index (χ1v) is 3.37. The first-order chi connectivity index (χ1) is 4.13. The van der Waals surface area contributed by atoms with Gasteiger partial charge in [0.15, 0.2) is 6.23 Å². The van der Waals surface area contributed by atoms with Gasteiger partial charge in [-0.05, 0) is 12.8 Å². The number of nitrogens with zero attached hydrogens (tertiary/aromatic N) is 1. The Balaban J connectivity index is 2.49. The van der Waals surface area contributed by atoms with Crippen molar-refractivity contribution < 1.29 is 9.75 Å². The Bertz CT molecular complexity index is 103. The maximum absolute atomic E-state index is 11.1.